The van der Waals surface area contributed by atoms with Gasteiger partial charge >= 0.3 is 0 Å². The van der Waals surface area contributed by atoms with Gasteiger partial charge < -0.3 is 0 Å². The van der Waals surface area contributed by atoms with Crippen LogP contribution in [0, 0.1) is 41.4 Å². The fraction of sp³-hybridized carbons (Fsp3) is 0.771. The van der Waals surface area contributed by atoms with Gasteiger partial charge in [-0.25, -0.2) is 0 Å². The molecular weight excluding hydrogens is 484 g/mol. The molecule has 0 bridgehead atoms. The molecule has 224 valence electrons. The molecule has 0 N–H and O–H groups in total. The summed E-state index contributed by atoms with van der Waals surface area (Å²) in [6, 6.07) is 0. The number of rotatable bonds is 23. The van der Waals surface area contributed by atoms with Crippen LogP contribution in [0.3, 0.4) is 0 Å². The molecule has 0 fully saturated rings. The third-order valence-electron chi connectivity index (χ3n) is 8.48. The summed E-state index contributed by atoms with van der Waals surface area (Å²) in [5.41, 5.74) is 2.23. The van der Waals surface area contributed by atoms with Crippen molar-refractivity contribution in [1.29, 1.82) is 0 Å². The normalized spacial score (nSPS) is 15.5. The number of Topliss-reactive ketones (excluding diaryl/α,β-unsaturated/α-hetero) is 4. The van der Waals surface area contributed by atoms with E-state index in [1.54, 1.807) is 6.92 Å². The highest BCUT2D eigenvalue weighted by atomic mass is 16.1. The van der Waals surface area contributed by atoms with Gasteiger partial charge in [0, 0.05) is 42.9 Å². The lowest BCUT2D eigenvalue weighted by atomic mass is 9.75. The van der Waals surface area contributed by atoms with E-state index in [9.17, 15) is 19.2 Å². The van der Waals surface area contributed by atoms with Gasteiger partial charge in [0.15, 0.2) is 0 Å². The quantitative estimate of drug-likeness (QED) is 0.0950. The topological polar surface area (TPSA) is 68.3 Å². The number of hydrogen-bond acceptors (Lipinski definition) is 4. The molecule has 0 radical (unpaired) electrons. The van der Waals surface area contributed by atoms with E-state index in [2.05, 4.69) is 40.9 Å². The molecule has 0 saturated carbocycles. The van der Waals surface area contributed by atoms with Crippen LogP contribution < -0.4 is 0 Å². The van der Waals surface area contributed by atoms with Gasteiger partial charge in [-0.05, 0) is 70.1 Å². The van der Waals surface area contributed by atoms with Crippen LogP contribution in [0.25, 0.3) is 0 Å². The number of hydrogen-bond donors (Lipinski definition) is 0. The molecule has 0 aromatic rings. The standard InChI is InChI=1S/C35H60O4/c1-12-26(9)19-29(17-15-14-16-23(3)4)33(37)22-32(27(10)13-2)35(39)21-31(25(7)8)34(38)20-30(28(11)36)18-24(5)6/h24-25,27,29-32H,3,9,12-22H2,1-2,4-8,10-11H3. The van der Waals surface area contributed by atoms with Crippen molar-refractivity contribution in [2.24, 2.45) is 41.4 Å². The molecule has 0 aromatic carbocycles. The average molecular weight is 545 g/mol. The predicted octanol–water partition coefficient (Wildman–Crippen LogP) is 9.16. The monoisotopic (exact) mass is 544 g/mol. The van der Waals surface area contributed by atoms with Crippen LogP contribution >= 0.6 is 0 Å². The average Bonchev–Trinajstić information content (AvgIpc) is 2.85. The van der Waals surface area contributed by atoms with Crippen LogP contribution in [-0.2, 0) is 19.2 Å². The Morgan fingerprint density at radius 1 is 0.692 bits per heavy atom. The summed E-state index contributed by atoms with van der Waals surface area (Å²) in [7, 11) is 0. The third kappa shape index (κ3) is 14.9. The molecule has 0 heterocycles. The first-order chi connectivity index (χ1) is 18.1. The Labute approximate surface area is 240 Å². The summed E-state index contributed by atoms with van der Waals surface area (Å²) in [5, 5.41) is 0. The summed E-state index contributed by atoms with van der Waals surface area (Å²) in [6.07, 6.45) is 7.34. The first-order valence-electron chi connectivity index (χ1n) is 15.5. The van der Waals surface area contributed by atoms with Gasteiger partial charge in [-0.2, -0.15) is 0 Å². The maximum atomic E-state index is 13.7. The smallest absolute Gasteiger partial charge is 0.137 e. The van der Waals surface area contributed by atoms with Crippen LogP contribution in [-0.4, -0.2) is 23.1 Å². The lowest BCUT2D eigenvalue weighted by molar-refractivity contribution is -0.135. The van der Waals surface area contributed by atoms with Crippen molar-refractivity contribution in [3.05, 3.63) is 24.3 Å². The van der Waals surface area contributed by atoms with Gasteiger partial charge in [0.25, 0.3) is 0 Å². The zero-order valence-corrected chi connectivity index (χ0v) is 26.9. The van der Waals surface area contributed by atoms with E-state index in [0.29, 0.717) is 18.8 Å². The Hall–Kier alpha value is -1.84. The van der Waals surface area contributed by atoms with Crippen LogP contribution in [0.15, 0.2) is 24.3 Å². The minimum atomic E-state index is -0.425. The molecule has 4 heteroatoms. The van der Waals surface area contributed by atoms with Crippen LogP contribution in [0.5, 0.6) is 0 Å². The van der Waals surface area contributed by atoms with Crippen molar-refractivity contribution in [2.75, 3.05) is 0 Å². The molecule has 0 aromatic heterocycles. The lowest BCUT2D eigenvalue weighted by Crippen LogP contribution is -2.33. The molecule has 0 saturated heterocycles. The van der Waals surface area contributed by atoms with Crippen LogP contribution in [0.4, 0.5) is 0 Å². The number of ketones is 4. The van der Waals surface area contributed by atoms with Crippen molar-refractivity contribution in [3.8, 4) is 0 Å². The number of unbranched alkanes of at least 4 members (excludes halogenated alkanes) is 1. The summed E-state index contributed by atoms with van der Waals surface area (Å²) in [6.45, 7) is 26.0. The third-order valence-corrected chi connectivity index (χ3v) is 8.48. The Kier molecular flexibility index (Phi) is 18.4. The van der Waals surface area contributed by atoms with Crippen molar-refractivity contribution in [2.45, 2.75) is 133 Å². The van der Waals surface area contributed by atoms with Gasteiger partial charge in [-0.15, -0.1) is 6.58 Å². The second-order valence-electron chi connectivity index (χ2n) is 13.0. The van der Waals surface area contributed by atoms with Gasteiger partial charge in [0.2, 0.25) is 0 Å². The summed E-state index contributed by atoms with van der Waals surface area (Å²) >= 11 is 0. The van der Waals surface area contributed by atoms with Crippen molar-refractivity contribution in [3.63, 3.8) is 0 Å². The number of carbonyl (C=O) groups is 4. The molecule has 0 aliphatic carbocycles. The van der Waals surface area contributed by atoms with E-state index in [0.717, 1.165) is 49.7 Å². The minimum absolute atomic E-state index is 0.00283. The number of allylic oxidation sites excluding steroid dienone is 2. The zero-order chi connectivity index (χ0) is 30.3. The van der Waals surface area contributed by atoms with E-state index >= 15 is 0 Å². The maximum absolute atomic E-state index is 13.7. The Morgan fingerprint density at radius 2 is 1.26 bits per heavy atom. The molecule has 5 unspecified atom stereocenters. The van der Waals surface area contributed by atoms with E-state index in [1.807, 2.05) is 27.7 Å². The highest BCUT2D eigenvalue weighted by molar-refractivity contribution is 5.94. The molecule has 0 amide bonds. The molecular formula is C35H60O4. The minimum Gasteiger partial charge on any atom is -0.300 e. The molecule has 0 aliphatic heterocycles. The first kappa shape index (κ1) is 37.2. The van der Waals surface area contributed by atoms with E-state index < -0.39 is 5.92 Å². The molecule has 5 atom stereocenters. The fourth-order valence-corrected chi connectivity index (χ4v) is 5.43. The summed E-state index contributed by atoms with van der Waals surface area (Å²) in [5.74, 6) is -0.624. The highest BCUT2D eigenvalue weighted by Crippen LogP contribution is 2.31. The predicted molar refractivity (Wildman–Crippen MR) is 165 cm³/mol. The lowest BCUT2D eigenvalue weighted by Gasteiger charge is -2.27. The van der Waals surface area contributed by atoms with Gasteiger partial charge in [0.05, 0.1) is 0 Å². The Morgan fingerprint density at radius 3 is 1.72 bits per heavy atom. The second kappa shape index (κ2) is 19.3. The van der Waals surface area contributed by atoms with Crippen molar-refractivity contribution >= 4 is 23.1 Å². The largest absolute Gasteiger partial charge is 0.300 e. The van der Waals surface area contributed by atoms with E-state index in [-0.39, 0.29) is 72.0 Å². The van der Waals surface area contributed by atoms with Crippen molar-refractivity contribution < 1.29 is 19.2 Å². The number of carbonyl (C=O) groups excluding carboxylic acids is 4. The van der Waals surface area contributed by atoms with E-state index in [1.165, 1.54) is 0 Å². The second-order valence-corrected chi connectivity index (χ2v) is 13.0. The molecule has 0 rings (SSSR count). The molecule has 39 heavy (non-hydrogen) atoms. The Balaban J connectivity index is 5.70. The fourth-order valence-electron chi connectivity index (χ4n) is 5.43. The maximum Gasteiger partial charge on any atom is 0.137 e. The van der Waals surface area contributed by atoms with Crippen molar-refractivity contribution in [1.82, 2.24) is 0 Å². The van der Waals surface area contributed by atoms with Gasteiger partial charge in [0.1, 0.15) is 23.1 Å². The van der Waals surface area contributed by atoms with E-state index in [4.69, 9.17) is 0 Å². The molecule has 0 spiro atoms. The SMILES string of the molecule is C=C(C)CCCCC(CC(=C)CC)C(=O)CC(C(=O)CC(C(=O)CC(CC(C)C)C(C)=O)C(C)C)C(C)CC. The molecule has 0 aliphatic rings. The zero-order valence-electron chi connectivity index (χ0n) is 26.9. The van der Waals surface area contributed by atoms with Gasteiger partial charge in [-0.1, -0.05) is 79.0 Å². The first-order valence-corrected chi connectivity index (χ1v) is 15.5. The van der Waals surface area contributed by atoms with Crippen LogP contribution in [0.2, 0.25) is 0 Å². The summed E-state index contributed by atoms with van der Waals surface area (Å²) < 4.78 is 0. The Bertz CT molecular complexity index is 819. The highest BCUT2D eigenvalue weighted by Gasteiger charge is 2.34. The van der Waals surface area contributed by atoms with Gasteiger partial charge in [-0.3, -0.25) is 19.2 Å². The molecule has 4 nitrogen and oxygen atoms in total. The van der Waals surface area contributed by atoms with Crippen LogP contribution in [0.1, 0.15) is 133 Å². The summed E-state index contributed by atoms with van der Waals surface area (Å²) in [4.78, 5) is 52.9.